The maximum absolute atomic E-state index is 12.3. The lowest BCUT2D eigenvalue weighted by Crippen LogP contribution is -2.43. The van der Waals surface area contributed by atoms with E-state index in [1.165, 1.54) is 5.56 Å². The van der Waals surface area contributed by atoms with Crippen LogP contribution < -0.4 is 4.74 Å². The highest BCUT2D eigenvalue weighted by atomic mass is 16.7. The number of aryl methyl sites for hydroxylation is 2. The van der Waals surface area contributed by atoms with Crippen LogP contribution in [-0.2, 0) is 14.3 Å². The predicted molar refractivity (Wildman–Crippen MR) is 86.4 cm³/mol. The fourth-order valence-electron chi connectivity index (χ4n) is 3.26. The molecule has 2 heterocycles. The largest absolute Gasteiger partial charge is 0.484 e. The minimum atomic E-state index is -0.0706. The molecule has 0 aromatic heterocycles. The van der Waals surface area contributed by atoms with Crippen molar-refractivity contribution in [2.75, 3.05) is 32.9 Å². The number of carbonyl (C=O) groups is 1. The van der Waals surface area contributed by atoms with Crippen molar-refractivity contribution < 1.29 is 19.0 Å². The number of amides is 1. The number of hydrogen-bond donors (Lipinski definition) is 0. The average Bonchev–Trinajstić information content (AvgIpc) is 3.08. The Morgan fingerprint density at radius 1 is 1.22 bits per heavy atom. The molecule has 23 heavy (non-hydrogen) atoms. The highest BCUT2D eigenvalue weighted by molar-refractivity contribution is 5.77. The molecule has 5 heteroatoms. The lowest BCUT2D eigenvalue weighted by molar-refractivity contribution is -0.138. The van der Waals surface area contributed by atoms with Gasteiger partial charge in [-0.2, -0.15) is 0 Å². The SMILES string of the molecule is Cc1ccc(OCC(=O)N2CCC(C3OCCO3)CC2)c(C)c1. The fraction of sp³-hybridized carbons (Fsp3) is 0.611. The van der Waals surface area contributed by atoms with E-state index < -0.39 is 0 Å². The van der Waals surface area contributed by atoms with Crippen LogP contribution in [0.4, 0.5) is 0 Å². The smallest absolute Gasteiger partial charge is 0.260 e. The number of piperidine rings is 1. The van der Waals surface area contributed by atoms with E-state index in [0.29, 0.717) is 19.1 Å². The van der Waals surface area contributed by atoms with E-state index in [-0.39, 0.29) is 18.8 Å². The Kier molecular flexibility index (Phi) is 5.18. The lowest BCUT2D eigenvalue weighted by atomic mass is 9.96. The molecule has 5 nitrogen and oxygen atoms in total. The van der Waals surface area contributed by atoms with Gasteiger partial charge >= 0.3 is 0 Å². The van der Waals surface area contributed by atoms with Crippen molar-refractivity contribution in [1.82, 2.24) is 4.90 Å². The number of rotatable bonds is 4. The monoisotopic (exact) mass is 319 g/mol. The van der Waals surface area contributed by atoms with Crippen molar-refractivity contribution in [3.8, 4) is 5.75 Å². The van der Waals surface area contributed by atoms with Crippen LogP contribution in [0.25, 0.3) is 0 Å². The summed E-state index contributed by atoms with van der Waals surface area (Å²) in [6, 6.07) is 5.99. The van der Waals surface area contributed by atoms with Gasteiger partial charge in [0, 0.05) is 19.0 Å². The summed E-state index contributed by atoms with van der Waals surface area (Å²) in [4.78, 5) is 14.2. The zero-order valence-electron chi connectivity index (χ0n) is 13.9. The third-order valence-corrected chi connectivity index (χ3v) is 4.61. The Morgan fingerprint density at radius 2 is 1.91 bits per heavy atom. The van der Waals surface area contributed by atoms with Crippen LogP contribution in [0.3, 0.4) is 0 Å². The van der Waals surface area contributed by atoms with E-state index in [0.717, 1.165) is 37.2 Å². The van der Waals surface area contributed by atoms with Crippen LogP contribution in [0.15, 0.2) is 18.2 Å². The molecule has 126 valence electrons. The number of nitrogens with zero attached hydrogens (tertiary/aromatic N) is 1. The van der Waals surface area contributed by atoms with Crippen molar-refractivity contribution in [3.05, 3.63) is 29.3 Å². The standard InChI is InChI=1S/C18H25NO4/c1-13-3-4-16(14(2)11-13)23-12-17(20)19-7-5-15(6-8-19)18-21-9-10-22-18/h3-4,11,15,18H,5-10,12H2,1-2H3. The summed E-state index contributed by atoms with van der Waals surface area (Å²) >= 11 is 0. The van der Waals surface area contributed by atoms with Gasteiger partial charge in [0.2, 0.25) is 0 Å². The molecule has 0 spiro atoms. The van der Waals surface area contributed by atoms with Crippen molar-refractivity contribution >= 4 is 5.91 Å². The highest BCUT2D eigenvalue weighted by Crippen LogP contribution is 2.26. The second-order valence-corrected chi connectivity index (χ2v) is 6.39. The zero-order valence-corrected chi connectivity index (χ0v) is 13.9. The second kappa shape index (κ2) is 7.32. The van der Waals surface area contributed by atoms with Crippen molar-refractivity contribution in [3.63, 3.8) is 0 Å². The molecule has 0 bridgehead atoms. The van der Waals surface area contributed by atoms with E-state index in [9.17, 15) is 4.79 Å². The van der Waals surface area contributed by atoms with Gasteiger partial charge in [-0.15, -0.1) is 0 Å². The molecule has 0 saturated carbocycles. The maximum atomic E-state index is 12.3. The van der Waals surface area contributed by atoms with Crippen molar-refractivity contribution in [2.45, 2.75) is 33.0 Å². The number of carbonyl (C=O) groups excluding carboxylic acids is 1. The third kappa shape index (κ3) is 4.03. The van der Waals surface area contributed by atoms with Crippen molar-refractivity contribution in [1.29, 1.82) is 0 Å². The van der Waals surface area contributed by atoms with Crippen LogP contribution in [0.1, 0.15) is 24.0 Å². The summed E-state index contributed by atoms with van der Waals surface area (Å²) in [5.74, 6) is 1.24. The average molecular weight is 319 g/mol. The first-order valence-electron chi connectivity index (χ1n) is 8.34. The topological polar surface area (TPSA) is 48.0 Å². The van der Waals surface area contributed by atoms with Gasteiger partial charge in [-0.1, -0.05) is 17.7 Å². The summed E-state index contributed by atoms with van der Waals surface area (Å²) < 4.78 is 16.8. The molecule has 2 aliphatic heterocycles. The first-order valence-corrected chi connectivity index (χ1v) is 8.34. The Morgan fingerprint density at radius 3 is 2.57 bits per heavy atom. The summed E-state index contributed by atoms with van der Waals surface area (Å²) in [5, 5.41) is 0. The van der Waals surface area contributed by atoms with E-state index in [2.05, 4.69) is 6.07 Å². The van der Waals surface area contributed by atoms with Gasteiger partial charge in [0.25, 0.3) is 5.91 Å². The van der Waals surface area contributed by atoms with Gasteiger partial charge in [-0.3, -0.25) is 4.79 Å². The molecule has 0 unspecified atom stereocenters. The molecule has 0 atom stereocenters. The molecule has 2 saturated heterocycles. The number of ether oxygens (including phenoxy) is 3. The van der Waals surface area contributed by atoms with Crippen LogP contribution in [0.2, 0.25) is 0 Å². The summed E-state index contributed by atoms with van der Waals surface area (Å²) in [7, 11) is 0. The first-order chi connectivity index (χ1) is 11.1. The number of benzene rings is 1. The normalized spacial score (nSPS) is 20.0. The van der Waals surface area contributed by atoms with E-state index in [1.54, 1.807) is 0 Å². The van der Waals surface area contributed by atoms with Crippen molar-refractivity contribution in [2.24, 2.45) is 5.92 Å². The Bertz CT molecular complexity index is 546. The van der Waals surface area contributed by atoms with Crippen LogP contribution in [-0.4, -0.2) is 50.0 Å². The van der Waals surface area contributed by atoms with E-state index >= 15 is 0 Å². The summed E-state index contributed by atoms with van der Waals surface area (Å²) in [6.45, 7) is 7.03. The molecule has 0 radical (unpaired) electrons. The molecule has 1 amide bonds. The number of likely N-dealkylation sites (tertiary alicyclic amines) is 1. The fourth-order valence-corrected chi connectivity index (χ4v) is 3.26. The van der Waals surface area contributed by atoms with E-state index in [4.69, 9.17) is 14.2 Å². The molecular formula is C18H25NO4. The molecule has 3 rings (SSSR count). The maximum Gasteiger partial charge on any atom is 0.260 e. The molecular weight excluding hydrogens is 294 g/mol. The first kappa shape index (κ1) is 16.3. The Balaban J connectivity index is 1.46. The Hall–Kier alpha value is -1.59. The zero-order chi connectivity index (χ0) is 16.2. The molecule has 0 N–H and O–H groups in total. The van der Waals surface area contributed by atoms with Crippen LogP contribution >= 0.6 is 0 Å². The molecule has 1 aromatic rings. The van der Waals surface area contributed by atoms with Gasteiger partial charge < -0.3 is 19.1 Å². The van der Waals surface area contributed by atoms with Gasteiger partial charge in [-0.05, 0) is 38.3 Å². The van der Waals surface area contributed by atoms with Crippen LogP contribution in [0, 0.1) is 19.8 Å². The number of hydrogen-bond acceptors (Lipinski definition) is 4. The Labute approximate surface area is 137 Å². The predicted octanol–water partition coefficient (Wildman–Crippen LogP) is 2.29. The minimum Gasteiger partial charge on any atom is -0.484 e. The van der Waals surface area contributed by atoms with Gasteiger partial charge in [0.1, 0.15) is 5.75 Å². The van der Waals surface area contributed by atoms with Gasteiger partial charge in [0.15, 0.2) is 12.9 Å². The van der Waals surface area contributed by atoms with Crippen LogP contribution in [0.5, 0.6) is 5.75 Å². The molecule has 2 fully saturated rings. The molecule has 0 aliphatic carbocycles. The van der Waals surface area contributed by atoms with Gasteiger partial charge in [0.05, 0.1) is 13.2 Å². The van der Waals surface area contributed by atoms with E-state index in [1.807, 2.05) is 30.9 Å². The molecule has 1 aromatic carbocycles. The van der Waals surface area contributed by atoms with Gasteiger partial charge in [-0.25, -0.2) is 0 Å². The summed E-state index contributed by atoms with van der Waals surface area (Å²) in [6.07, 6.45) is 1.79. The highest BCUT2D eigenvalue weighted by Gasteiger charge is 2.31. The second-order valence-electron chi connectivity index (χ2n) is 6.39. The lowest BCUT2D eigenvalue weighted by Gasteiger charge is -2.33. The molecule has 2 aliphatic rings. The third-order valence-electron chi connectivity index (χ3n) is 4.61. The quantitative estimate of drug-likeness (QED) is 0.854. The minimum absolute atomic E-state index is 0.0525. The summed E-state index contributed by atoms with van der Waals surface area (Å²) in [5.41, 5.74) is 2.26.